The van der Waals surface area contributed by atoms with E-state index >= 15 is 0 Å². The summed E-state index contributed by atoms with van der Waals surface area (Å²) in [5.74, 6) is 3.65. The highest BCUT2D eigenvalue weighted by atomic mass is 16.3. The van der Waals surface area contributed by atoms with Crippen molar-refractivity contribution in [3.8, 4) is 0 Å². The molecule has 3 rings (SSSR count). The van der Waals surface area contributed by atoms with Crippen molar-refractivity contribution in [1.82, 2.24) is 0 Å². The van der Waals surface area contributed by atoms with Crippen LogP contribution in [-0.2, 0) is 0 Å². The van der Waals surface area contributed by atoms with E-state index in [4.69, 9.17) is 0 Å². The molecule has 0 amide bonds. The van der Waals surface area contributed by atoms with Gasteiger partial charge in [0.2, 0.25) is 0 Å². The third kappa shape index (κ3) is 0.693. The molecule has 0 saturated heterocycles. The maximum atomic E-state index is 9.42. The van der Waals surface area contributed by atoms with E-state index in [1.54, 1.807) is 0 Å². The molecule has 1 nitrogen and oxygen atoms in total. The summed E-state index contributed by atoms with van der Waals surface area (Å²) in [6.45, 7) is 4.74. The van der Waals surface area contributed by atoms with E-state index < -0.39 is 0 Å². The van der Waals surface area contributed by atoms with Crippen molar-refractivity contribution in [2.45, 2.75) is 39.2 Å². The van der Waals surface area contributed by atoms with Gasteiger partial charge in [-0.25, -0.2) is 0 Å². The number of hydrogen-bond acceptors (Lipinski definition) is 1. The van der Waals surface area contributed by atoms with Crippen LogP contribution in [0.2, 0.25) is 0 Å². The molecule has 0 aromatic heterocycles. The van der Waals surface area contributed by atoms with Crippen molar-refractivity contribution >= 4 is 0 Å². The maximum Gasteiger partial charge on any atom is 0.0575 e. The van der Waals surface area contributed by atoms with Gasteiger partial charge < -0.3 is 5.11 Å². The zero-order chi connectivity index (χ0) is 8.51. The van der Waals surface area contributed by atoms with Gasteiger partial charge in [-0.1, -0.05) is 20.3 Å². The van der Waals surface area contributed by atoms with Crippen molar-refractivity contribution in [3.63, 3.8) is 0 Å². The Morgan fingerprint density at radius 1 is 1.42 bits per heavy atom. The van der Waals surface area contributed by atoms with Crippen LogP contribution in [0.4, 0.5) is 0 Å². The van der Waals surface area contributed by atoms with Crippen molar-refractivity contribution in [3.05, 3.63) is 0 Å². The van der Waals surface area contributed by atoms with Gasteiger partial charge in [-0.3, -0.25) is 0 Å². The molecular weight excluding hydrogens is 148 g/mol. The van der Waals surface area contributed by atoms with Gasteiger partial charge in [-0.15, -0.1) is 0 Å². The highest BCUT2D eigenvalue weighted by Gasteiger charge is 2.77. The van der Waals surface area contributed by atoms with Crippen molar-refractivity contribution < 1.29 is 5.11 Å². The van der Waals surface area contributed by atoms with Crippen LogP contribution in [-0.4, -0.2) is 11.2 Å². The lowest BCUT2D eigenvalue weighted by atomic mass is 9.77. The second kappa shape index (κ2) is 1.89. The summed E-state index contributed by atoms with van der Waals surface area (Å²) in [6, 6.07) is 0. The van der Waals surface area contributed by atoms with Crippen molar-refractivity contribution in [1.29, 1.82) is 0 Å². The van der Waals surface area contributed by atoms with Gasteiger partial charge in [-0.05, 0) is 41.9 Å². The van der Waals surface area contributed by atoms with Crippen LogP contribution in [0.1, 0.15) is 33.1 Å². The molecule has 68 valence electrons. The first-order valence-electron chi connectivity index (χ1n) is 5.37. The van der Waals surface area contributed by atoms with E-state index in [9.17, 15) is 5.11 Å². The highest BCUT2D eigenvalue weighted by Crippen LogP contribution is 2.82. The molecule has 0 aromatic rings. The van der Waals surface area contributed by atoms with E-state index in [1.165, 1.54) is 12.8 Å². The highest BCUT2D eigenvalue weighted by molar-refractivity contribution is 5.25. The molecule has 3 fully saturated rings. The van der Waals surface area contributed by atoms with Gasteiger partial charge in [0.05, 0.1) is 6.10 Å². The standard InChI is InChI=1S/C11H18O/c1-3-7(6-4-10(6)12)11(2)8-5-9(8)11/h6-10,12H,3-5H2,1-2H3. The van der Waals surface area contributed by atoms with Crippen LogP contribution in [0.3, 0.4) is 0 Å². The fraction of sp³-hybridized carbons (Fsp3) is 1.00. The predicted octanol–water partition coefficient (Wildman–Crippen LogP) is 2.05. The molecule has 3 aliphatic rings. The van der Waals surface area contributed by atoms with Crippen molar-refractivity contribution in [2.75, 3.05) is 0 Å². The molecule has 5 atom stereocenters. The van der Waals surface area contributed by atoms with Crippen LogP contribution >= 0.6 is 0 Å². The Labute approximate surface area is 74.2 Å². The molecule has 0 radical (unpaired) electrons. The van der Waals surface area contributed by atoms with Crippen LogP contribution in [0.15, 0.2) is 0 Å². The average molecular weight is 166 g/mol. The molecule has 0 heterocycles. The quantitative estimate of drug-likeness (QED) is 0.680. The first-order valence-corrected chi connectivity index (χ1v) is 5.37. The van der Waals surface area contributed by atoms with Gasteiger partial charge >= 0.3 is 0 Å². The van der Waals surface area contributed by atoms with Crippen LogP contribution < -0.4 is 0 Å². The van der Waals surface area contributed by atoms with Crippen LogP contribution in [0.25, 0.3) is 0 Å². The zero-order valence-corrected chi connectivity index (χ0v) is 7.96. The summed E-state index contributed by atoms with van der Waals surface area (Å²) in [5.41, 5.74) is 0.677. The van der Waals surface area contributed by atoms with Crippen LogP contribution in [0, 0.1) is 29.1 Å². The molecule has 0 bridgehead atoms. The molecule has 3 saturated carbocycles. The molecule has 1 heteroatoms. The lowest BCUT2D eigenvalue weighted by Crippen LogP contribution is -2.22. The SMILES string of the molecule is CCC(C1CC1O)C1(C)C2CC21. The molecule has 5 unspecified atom stereocenters. The minimum Gasteiger partial charge on any atom is -0.393 e. The van der Waals surface area contributed by atoms with Gasteiger partial charge in [0, 0.05) is 0 Å². The molecule has 1 N–H and O–H groups in total. The third-order valence-corrected chi connectivity index (χ3v) is 4.84. The van der Waals surface area contributed by atoms with E-state index in [0.717, 1.165) is 24.2 Å². The van der Waals surface area contributed by atoms with Gasteiger partial charge in [0.15, 0.2) is 0 Å². The Bertz CT molecular complexity index is 215. The fourth-order valence-electron chi connectivity index (χ4n) is 3.65. The molecule has 3 aliphatic carbocycles. The molecular formula is C11H18O. The van der Waals surface area contributed by atoms with E-state index in [-0.39, 0.29) is 6.10 Å². The number of aliphatic hydroxyl groups excluding tert-OH is 1. The number of rotatable bonds is 3. The Hall–Kier alpha value is -0.0400. The monoisotopic (exact) mass is 166 g/mol. The minimum absolute atomic E-state index is 0.0618. The van der Waals surface area contributed by atoms with Crippen LogP contribution in [0.5, 0.6) is 0 Å². The second-order valence-corrected chi connectivity index (χ2v) is 5.30. The Kier molecular flexibility index (Phi) is 1.16. The Balaban J connectivity index is 1.72. The van der Waals surface area contributed by atoms with Gasteiger partial charge in [-0.2, -0.15) is 0 Å². The second-order valence-electron chi connectivity index (χ2n) is 5.30. The maximum absolute atomic E-state index is 9.42. The number of fused-ring (bicyclic) bond motifs is 1. The van der Waals surface area contributed by atoms with Gasteiger partial charge in [0.25, 0.3) is 0 Å². The summed E-state index contributed by atoms with van der Waals surface area (Å²) in [4.78, 5) is 0. The van der Waals surface area contributed by atoms with E-state index in [1.807, 2.05) is 0 Å². The summed E-state index contributed by atoms with van der Waals surface area (Å²) >= 11 is 0. The number of aliphatic hydroxyl groups is 1. The zero-order valence-electron chi connectivity index (χ0n) is 7.96. The van der Waals surface area contributed by atoms with Crippen molar-refractivity contribution in [2.24, 2.45) is 29.1 Å². The summed E-state index contributed by atoms with van der Waals surface area (Å²) in [7, 11) is 0. The Morgan fingerprint density at radius 3 is 2.25 bits per heavy atom. The minimum atomic E-state index is 0.0618. The predicted molar refractivity (Wildman–Crippen MR) is 47.6 cm³/mol. The topological polar surface area (TPSA) is 20.2 Å². The molecule has 0 aromatic carbocycles. The summed E-state index contributed by atoms with van der Waals surface area (Å²) in [5, 5.41) is 9.42. The first kappa shape index (κ1) is 7.37. The number of hydrogen-bond donors (Lipinski definition) is 1. The Morgan fingerprint density at radius 2 is 2.00 bits per heavy atom. The largest absolute Gasteiger partial charge is 0.393 e. The fourth-order valence-corrected chi connectivity index (χ4v) is 3.65. The summed E-state index contributed by atoms with van der Waals surface area (Å²) in [6.07, 6.45) is 3.93. The molecule has 0 aliphatic heterocycles. The average Bonchev–Trinajstić information content (AvgIpc) is 2.84. The molecule has 12 heavy (non-hydrogen) atoms. The summed E-state index contributed by atoms with van der Waals surface area (Å²) < 4.78 is 0. The van der Waals surface area contributed by atoms with E-state index in [0.29, 0.717) is 11.3 Å². The lowest BCUT2D eigenvalue weighted by Gasteiger charge is -2.27. The first-order chi connectivity index (χ1) is 5.69. The van der Waals surface area contributed by atoms with E-state index in [2.05, 4.69) is 13.8 Å². The normalized spacial score (nSPS) is 62.2. The lowest BCUT2D eigenvalue weighted by molar-refractivity contribution is 0.165. The van der Waals surface area contributed by atoms with Gasteiger partial charge in [0.1, 0.15) is 0 Å². The molecule has 0 spiro atoms. The smallest absolute Gasteiger partial charge is 0.0575 e. The third-order valence-electron chi connectivity index (χ3n) is 4.84.